The molecule has 1 aromatic carbocycles. The number of carbonyl (C=O) groups is 2. The number of hydrogen-bond donors (Lipinski definition) is 2. The van der Waals surface area contributed by atoms with Crippen molar-refractivity contribution in [2.24, 2.45) is 11.7 Å². The Labute approximate surface area is 138 Å². The van der Waals surface area contributed by atoms with Gasteiger partial charge in [-0.25, -0.2) is 18.0 Å². The fourth-order valence-corrected chi connectivity index (χ4v) is 2.91. The molecular weight excluding hydrogens is 323 g/mol. The molecule has 0 aromatic heterocycles. The van der Waals surface area contributed by atoms with E-state index in [1.807, 2.05) is 0 Å². The normalized spacial score (nSPS) is 20.5. The molecule has 0 saturated heterocycles. The second-order valence-electron chi connectivity index (χ2n) is 6.14. The van der Waals surface area contributed by atoms with E-state index in [0.717, 1.165) is 25.0 Å². The van der Waals surface area contributed by atoms with Crippen molar-refractivity contribution in [3.8, 4) is 0 Å². The van der Waals surface area contributed by atoms with Crippen molar-refractivity contribution < 1.29 is 22.8 Å². The summed E-state index contributed by atoms with van der Waals surface area (Å²) in [5, 5.41) is 2.78. The van der Waals surface area contributed by atoms with Gasteiger partial charge in [0, 0.05) is 25.6 Å². The molecule has 1 saturated carbocycles. The summed E-state index contributed by atoms with van der Waals surface area (Å²) < 4.78 is 39.3. The third kappa shape index (κ3) is 4.39. The second-order valence-corrected chi connectivity index (χ2v) is 6.14. The molecule has 0 aliphatic heterocycles. The summed E-state index contributed by atoms with van der Waals surface area (Å²) in [5.74, 6) is -4.76. The first-order valence-corrected chi connectivity index (χ1v) is 7.72. The minimum Gasteiger partial charge on any atom is -0.369 e. The molecule has 1 aliphatic rings. The molecule has 0 unspecified atom stereocenters. The summed E-state index contributed by atoms with van der Waals surface area (Å²) in [7, 11) is 1.46. The lowest BCUT2D eigenvalue weighted by Gasteiger charge is -2.29. The molecule has 2 rings (SSSR count). The zero-order chi connectivity index (χ0) is 17.9. The molecule has 1 aliphatic carbocycles. The van der Waals surface area contributed by atoms with Crippen LogP contribution in [0.4, 0.5) is 18.0 Å². The monoisotopic (exact) mass is 343 g/mol. The number of urea groups is 1. The number of primary amides is 1. The van der Waals surface area contributed by atoms with Crippen LogP contribution < -0.4 is 11.1 Å². The molecular formula is C16H20F3N3O2. The van der Waals surface area contributed by atoms with Crippen LogP contribution >= 0.6 is 0 Å². The molecule has 3 N–H and O–H groups in total. The Balaban J connectivity index is 1.94. The van der Waals surface area contributed by atoms with E-state index >= 15 is 0 Å². The number of nitrogens with two attached hydrogens (primary N) is 1. The van der Waals surface area contributed by atoms with Gasteiger partial charge in [0.05, 0.1) is 0 Å². The van der Waals surface area contributed by atoms with Crippen molar-refractivity contribution in [2.45, 2.75) is 38.3 Å². The quantitative estimate of drug-likeness (QED) is 0.823. The number of halogens is 3. The van der Waals surface area contributed by atoms with Gasteiger partial charge in [0.25, 0.3) is 0 Å². The van der Waals surface area contributed by atoms with Gasteiger partial charge in [-0.1, -0.05) is 6.42 Å². The standard InChI is InChI=1S/C16H20F3N3O2/c1-22(8-9-5-12(17)14(19)13(18)6-9)16(24)21-11-4-2-3-10(7-11)15(20)23/h5-6,10-11H,2-4,7-8H2,1H3,(H2,20,23)(H,21,24)/t10-,11-/m1/s1. The molecule has 1 aromatic rings. The fraction of sp³-hybridized carbons (Fsp3) is 0.500. The minimum absolute atomic E-state index is 0.0775. The van der Waals surface area contributed by atoms with E-state index in [0.29, 0.717) is 12.8 Å². The van der Waals surface area contributed by atoms with Crippen molar-refractivity contribution in [3.05, 3.63) is 35.1 Å². The Kier molecular flexibility index (Phi) is 5.69. The first-order valence-electron chi connectivity index (χ1n) is 7.72. The summed E-state index contributed by atoms with van der Waals surface area (Å²) in [6, 6.07) is 1.10. The fourth-order valence-electron chi connectivity index (χ4n) is 2.91. The number of nitrogens with zero attached hydrogens (tertiary/aromatic N) is 1. The molecule has 0 heterocycles. The van der Waals surface area contributed by atoms with Crippen molar-refractivity contribution in [1.82, 2.24) is 10.2 Å². The number of amides is 3. The molecule has 8 heteroatoms. The van der Waals surface area contributed by atoms with Crippen LogP contribution in [0.25, 0.3) is 0 Å². The van der Waals surface area contributed by atoms with Gasteiger partial charge in [0.1, 0.15) is 0 Å². The van der Waals surface area contributed by atoms with Gasteiger partial charge < -0.3 is 16.0 Å². The predicted molar refractivity (Wildman–Crippen MR) is 81.3 cm³/mol. The summed E-state index contributed by atoms with van der Waals surface area (Å²) in [4.78, 5) is 24.7. The number of rotatable bonds is 4. The van der Waals surface area contributed by atoms with Crippen LogP contribution in [0.15, 0.2) is 12.1 Å². The number of hydrogen-bond acceptors (Lipinski definition) is 2. The smallest absolute Gasteiger partial charge is 0.317 e. The van der Waals surface area contributed by atoms with Crippen molar-refractivity contribution >= 4 is 11.9 Å². The highest BCUT2D eigenvalue weighted by atomic mass is 19.2. The van der Waals surface area contributed by atoms with Crippen LogP contribution in [-0.4, -0.2) is 29.9 Å². The first kappa shape index (κ1) is 18.1. The topological polar surface area (TPSA) is 75.4 Å². The third-order valence-corrected chi connectivity index (χ3v) is 4.21. The average Bonchev–Trinajstić information content (AvgIpc) is 2.52. The Morgan fingerprint density at radius 3 is 2.46 bits per heavy atom. The van der Waals surface area contributed by atoms with Crippen molar-refractivity contribution in [2.75, 3.05) is 7.05 Å². The zero-order valence-electron chi connectivity index (χ0n) is 13.3. The number of benzene rings is 1. The van der Waals surface area contributed by atoms with E-state index in [-0.39, 0.29) is 30.0 Å². The van der Waals surface area contributed by atoms with Crippen LogP contribution in [0.5, 0.6) is 0 Å². The Morgan fingerprint density at radius 1 is 1.25 bits per heavy atom. The Morgan fingerprint density at radius 2 is 1.88 bits per heavy atom. The predicted octanol–water partition coefficient (Wildman–Crippen LogP) is 2.29. The Hall–Kier alpha value is -2.25. The summed E-state index contributed by atoms with van der Waals surface area (Å²) >= 11 is 0. The summed E-state index contributed by atoms with van der Waals surface area (Å²) in [6.07, 6.45) is 2.72. The number of carbonyl (C=O) groups excluding carboxylic acids is 2. The molecule has 132 valence electrons. The maximum absolute atomic E-state index is 13.2. The maximum Gasteiger partial charge on any atom is 0.317 e. The highest BCUT2D eigenvalue weighted by molar-refractivity contribution is 5.77. The van der Waals surface area contributed by atoms with Gasteiger partial charge in [0.2, 0.25) is 5.91 Å². The SMILES string of the molecule is CN(Cc1cc(F)c(F)c(F)c1)C(=O)N[C@@H]1CCC[C@@H](C(N)=O)C1. The second kappa shape index (κ2) is 7.55. The lowest BCUT2D eigenvalue weighted by Crippen LogP contribution is -2.46. The summed E-state index contributed by atoms with van der Waals surface area (Å²) in [6.45, 7) is -0.0775. The van der Waals surface area contributed by atoms with Gasteiger partial charge in [-0.15, -0.1) is 0 Å². The van der Waals surface area contributed by atoms with Crippen molar-refractivity contribution in [3.63, 3.8) is 0 Å². The van der Waals surface area contributed by atoms with Crippen LogP contribution in [-0.2, 0) is 11.3 Å². The largest absolute Gasteiger partial charge is 0.369 e. The molecule has 0 bridgehead atoms. The van der Waals surface area contributed by atoms with Gasteiger partial charge in [-0.05, 0) is 37.0 Å². The molecule has 24 heavy (non-hydrogen) atoms. The number of nitrogens with one attached hydrogen (secondary N) is 1. The average molecular weight is 343 g/mol. The first-order chi connectivity index (χ1) is 11.3. The van der Waals surface area contributed by atoms with Crippen LogP contribution in [0.1, 0.15) is 31.2 Å². The van der Waals surface area contributed by atoms with E-state index < -0.39 is 23.5 Å². The highest BCUT2D eigenvalue weighted by Crippen LogP contribution is 2.24. The molecule has 0 radical (unpaired) electrons. The van der Waals surface area contributed by atoms with E-state index in [1.165, 1.54) is 11.9 Å². The minimum atomic E-state index is -1.54. The van der Waals surface area contributed by atoms with E-state index in [2.05, 4.69) is 5.32 Å². The third-order valence-electron chi connectivity index (χ3n) is 4.21. The molecule has 1 fully saturated rings. The molecule has 3 amide bonds. The van der Waals surface area contributed by atoms with E-state index in [4.69, 9.17) is 5.73 Å². The molecule has 2 atom stereocenters. The summed E-state index contributed by atoms with van der Waals surface area (Å²) in [5.41, 5.74) is 5.44. The van der Waals surface area contributed by atoms with Crippen LogP contribution in [0, 0.1) is 23.4 Å². The van der Waals surface area contributed by atoms with Crippen LogP contribution in [0.3, 0.4) is 0 Å². The van der Waals surface area contributed by atoms with Gasteiger partial charge in [-0.2, -0.15) is 0 Å². The van der Waals surface area contributed by atoms with E-state index in [9.17, 15) is 22.8 Å². The maximum atomic E-state index is 13.2. The molecule has 5 nitrogen and oxygen atoms in total. The van der Waals surface area contributed by atoms with Gasteiger partial charge in [0.15, 0.2) is 17.5 Å². The van der Waals surface area contributed by atoms with Crippen molar-refractivity contribution in [1.29, 1.82) is 0 Å². The molecule has 0 spiro atoms. The zero-order valence-corrected chi connectivity index (χ0v) is 13.3. The van der Waals surface area contributed by atoms with E-state index in [1.54, 1.807) is 0 Å². The highest BCUT2D eigenvalue weighted by Gasteiger charge is 2.27. The Bertz CT molecular complexity index is 616. The van der Waals surface area contributed by atoms with Gasteiger partial charge in [-0.3, -0.25) is 4.79 Å². The lowest BCUT2D eigenvalue weighted by atomic mass is 9.85. The van der Waals surface area contributed by atoms with Gasteiger partial charge >= 0.3 is 6.03 Å². The van der Waals surface area contributed by atoms with Crippen LogP contribution in [0.2, 0.25) is 0 Å². The lowest BCUT2D eigenvalue weighted by molar-refractivity contribution is -0.122.